The maximum atomic E-state index is 12.7. The molecule has 2 rings (SSSR count). The quantitative estimate of drug-likeness (QED) is 0.797. The molecule has 0 radical (unpaired) electrons. The van der Waals surface area contributed by atoms with Gasteiger partial charge in [0.2, 0.25) is 5.91 Å². The van der Waals surface area contributed by atoms with Crippen molar-refractivity contribution in [2.75, 3.05) is 14.1 Å². The molecule has 3 nitrogen and oxygen atoms in total. The van der Waals surface area contributed by atoms with Crippen LogP contribution in [0.3, 0.4) is 0 Å². The van der Waals surface area contributed by atoms with Crippen molar-refractivity contribution in [2.45, 2.75) is 38.8 Å². The fraction of sp³-hybridized carbons (Fsp3) is 0.381. The van der Waals surface area contributed by atoms with Crippen LogP contribution in [0.1, 0.15) is 42.4 Å². The van der Waals surface area contributed by atoms with Crippen molar-refractivity contribution in [1.29, 1.82) is 0 Å². The van der Waals surface area contributed by atoms with Crippen LogP contribution in [0.4, 0.5) is 0 Å². The van der Waals surface area contributed by atoms with Crippen LogP contribution >= 0.6 is 0 Å². The van der Waals surface area contributed by atoms with E-state index in [1.807, 2.05) is 42.5 Å². The van der Waals surface area contributed by atoms with Gasteiger partial charge in [0.1, 0.15) is 0 Å². The fourth-order valence-electron chi connectivity index (χ4n) is 2.95. The van der Waals surface area contributed by atoms with E-state index < -0.39 is 0 Å². The molecule has 0 saturated heterocycles. The van der Waals surface area contributed by atoms with Crippen molar-refractivity contribution in [3.63, 3.8) is 0 Å². The molecule has 3 heteroatoms. The summed E-state index contributed by atoms with van der Waals surface area (Å²) in [4.78, 5) is 14.9. The maximum absolute atomic E-state index is 12.7. The van der Waals surface area contributed by atoms with Crippen LogP contribution in [0.25, 0.3) is 0 Å². The van der Waals surface area contributed by atoms with Crippen molar-refractivity contribution in [3.05, 3.63) is 71.3 Å². The Balaban J connectivity index is 2.06. The van der Waals surface area contributed by atoms with Gasteiger partial charge in [0.15, 0.2) is 0 Å². The van der Waals surface area contributed by atoms with Crippen LogP contribution in [0, 0.1) is 0 Å². The van der Waals surface area contributed by atoms with E-state index in [-0.39, 0.29) is 11.8 Å². The summed E-state index contributed by atoms with van der Waals surface area (Å²) in [5, 5.41) is 3.14. The predicted octanol–water partition coefficient (Wildman–Crippen LogP) is 3.95. The van der Waals surface area contributed by atoms with Gasteiger partial charge >= 0.3 is 0 Å². The largest absolute Gasteiger partial charge is 0.351 e. The monoisotopic (exact) mass is 324 g/mol. The van der Waals surface area contributed by atoms with Crippen molar-refractivity contribution in [2.24, 2.45) is 0 Å². The lowest BCUT2D eigenvalue weighted by Crippen LogP contribution is -2.29. The van der Waals surface area contributed by atoms with Crippen LogP contribution in [0.2, 0.25) is 0 Å². The third-order valence-electron chi connectivity index (χ3n) is 4.15. The van der Waals surface area contributed by atoms with Gasteiger partial charge in [-0.2, -0.15) is 0 Å². The highest BCUT2D eigenvalue weighted by molar-refractivity contribution is 5.83. The minimum absolute atomic E-state index is 0.0720. The number of carbonyl (C=O) groups is 1. The third-order valence-corrected chi connectivity index (χ3v) is 4.15. The number of hydrogen-bond donors (Lipinski definition) is 1. The molecule has 0 aliphatic carbocycles. The average Bonchev–Trinajstić information content (AvgIpc) is 2.59. The summed E-state index contributed by atoms with van der Waals surface area (Å²) in [6, 6.07) is 18.4. The normalized spacial score (nSPS) is 12.2. The molecule has 0 aliphatic heterocycles. The second kappa shape index (κ2) is 9.24. The van der Waals surface area contributed by atoms with Crippen LogP contribution in [-0.4, -0.2) is 24.9 Å². The Morgan fingerprint density at radius 1 is 1.00 bits per heavy atom. The molecular weight excluding hydrogens is 296 g/mol. The van der Waals surface area contributed by atoms with E-state index in [2.05, 4.69) is 43.4 Å². The van der Waals surface area contributed by atoms with Gasteiger partial charge in [0.25, 0.3) is 0 Å². The van der Waals surface area contributed by atoms with Crippen LogP contribution in [0.15, 0.2) is 54.6 Å². The molecule has 1 N–H and O–H groups in total. The van der Waals surface area contributed by atoms with E-state index in [4.69, 9.17) is 0 Å². The van der Waals surface area contributed by atoms with E-state index >= 15 is 0 Å². The SMILES string of the molecule is CCC[C@H](C(=O)NCc1ccccc1CN(C)C)c1ccccc1. The molecule has 24 heavy (non-hydrogen) atoms. The molecule has 0 spiro atoms. The number of benzene rings is 2. The number of hydrogen-bond acceptors (Lipinski definition) is 2. The smallest absolute Gasteiger partial charge is 0.227 e. The predicted molar refractivity (Wildman–Crippen MR) is 99.8 cm³/mol. The van der Waals surface area contributed by atoms with Gasteiger partial charge in [-0.25, -0.2) is 0 Å². The van der Waals surface area contributed by atoms with E-state index in [0.717, 1.165) is 24.9 Å². The lowest BCUT2D eigenvalue weighted by atomic mass is 9.93. The van der Waals surface area contributed by atoms with Crippen molar-refractivity contribution in [1.82, 2.24) is 10.2 Å². The topological polar surface area (TPSA) is 32.3 Å². The summed E-state index contributed by atoms with van der Waals surface area (Å²) >= 11 is 0. The van der Waals surface area contributed by atoms with Gasteiger partial charge in [-0.1, -0.05) is 67.9 Å². The molecule has 0 fully saturated rings. The van der Waals surface area contributed by atoms with E-state index in [0.29, 0.717) is 6.54 Å². The third kappa shape index (κ3) is 5.20. The van der Waals surface area contributed by atoms with Crippen LogP contribution in [0.5, 0.6) is 0 Å². The molecule has 2 aromatic rings. The van der Waals surface area contributed by atoms with Gasteiger partial charge < -0.3 is 10.2 Å². The molecule has 2 aromatic carbocycles. The molecule has 128 valence electrons. The van der Waals surface area contributed by atoms with E-state index in [9.17, 15) is 4.79 Å². The number of nitrogens with one attached hydrogen (secondary N) is 1. The fourth-order valence-corrected chi connectivity index (χ4v) is 2.95. The number of nitrogens with zero attached hydrogens (tertiary/aromatic N) is 1. The van der Waals surface area contributed by atoms with Crippen LogP contribution in [-0.2, 0) is 17.9 Å². The van der Waals surface area contributed by atoms with E-state index in [1.54, 1.807) is 0 Å². The Morgan fingerprint density at radius 2 is 1.62 bits per heavy atom. The van der Waals surface area contributed by atoms with Gasteiger partial charge in [0, 0.05) is 13.1 Å². The molecule has 0 saturated carbocycles. The highest BCUT2D eigenvalue weighted by Crippen LogP contribution is 2.21. The Labute approximate surface area is 145 Å². The first-order valence-corrected chi connectivity index (χ1v) is 8.66. The first-order valence-electron chi connectivity index (χ1n) is 8.66. The molecule has 1 amide bonds. The van der Waals surface area contributed by atoms with Crippen LogP contribution < -0.4 is 5.32 Å². The van der Waals surface area contributed by atoms with Crippen molar-refractivity contribution in [3.8, 4) is 0 Å². The molecule has 0 bridgehead atoms. The van der Waals surface area contributed by atoms with Crippen molar-refractivity contribution >= 4 is 5.91 Å². The summed E-state index contributed by atoms with van der Waals surface area (Å²) < 4.78 is 0. The Bertz CT molecular complexity index is 637. The lowest BCUT2D eigenvalue weighted by Gasteiger charge is -2.18. The first-order chi connectivity index (χ1) is 11.6. The zero-order valence-electron chi connectivity index (χ0n) is 15.0. The summed E-state index contributed by atoms with van der Waals surface area (Å²) in [7, 11) is 4.12. The minimum Gasteiger partial charge on any atom is -0.351 e. The number of amides is 1. The first kappa shape index (κ1) is 18.2. The summed E-state index contributed by atoms with van der Waals surface area (Å²) in [5.74, 6) is 0.0416. The summed E-state index contributed by atoms with van der Waals surface area (Å²) in [6.45, 7) is 3.58. The molecule has 0 unspecified atom stereocenters. The number of carbonyl (C=O) groups excluding carboxylic acids is 1. The molecular formula is C21H28N2O. The van der Waals surface area contributed by atoms with Gasteiger partial charge in [-0.05, 0) is 37.2 Å². The van der Waals surface area contributed by atoms with E-state index in [1.165, 1.54) is 11.1 Å². The Hall–Kier alpha value is -2.13. The zero-order chi connectivity index (χ0) is 17.4. The second-order valence-corrected chi connectivity index (χ2v) is 6.48. The Kier molecular flexibility index (Phi) is 7.01. The molecule has 1 atom stereocenters. The maximum Gasteiger partial charge on any atom is 0.227 e. The molecule has 0 aliphatic rings. The highest BCUT2D eigenvalue weighted by atomic mass is 16.1. The lowest BCUT2D eigenvalue weighted by molar-refractivity contribution is -0.122. The van der Waals surface area contributed by atoms with Gasteiger partial charge in [-0.3, -0.25) is 4.79 Å². The average molecular weight is 324 g/mol. The van der Waals surface area contributed by atoms with Gasteiger partial charge in [0.05, 0.1) is 5.92 Å². The molecule has 0 heterocycles. The molecule has 0 aromatic heterocycles. The zero-order valence-corrected chi connectivity index (χ0v) is 15.0. The summed E-state index contributed by atoms with van der Waals surface area (Å²) in [6.07, 6.45) is 1.86. The summed E-state index contributed by atoms with van der Waals surface area (Å²) in [5.41, 5.74) is 3.54. The second-order valence-electron chi connectivity index (χ2n) is 6.48. The Morgan fingerprint density at radius 3 is 2.25 bits per heavy atom. The standard InChI is InChI=1S/C21H28N2O/c1-4-10-20(17-11-6-5-7-12-17)21(24)22-15-18-13-8-9-14-19(18)16-23(2)3/h5-9,11-14,20H,4,10,15-16H2,1-3H3,(H,22,24)/t20-/m0/s1. The number of rotatable bonds is 8. The highest BCUT2D eigenvalue weighted by Gasteiger charge is 2.19. The van der Waals surface area contributed by atoms with Gasteiger partial charge in [-0.15, -0.1) is 0 Å². The van der Waals surface area contributed by atoms with Crippen molar-refractivity contribution < 1.29 is 4.79 Å². The minimum atomic E-state index is -0.0720.